The van der Waals surface area contributed by atoms with Gasteiger partial charge in [-0.1, -0.05) is 94.4 Å². The number of nitrogens with one attached hydrogen (secondary N) is 1. The molecule has 256 valence electrons. The molecule has 6 N–H and O–H groups in total. The highest BCUT2D eigenvalue weighted by molar-refractivity contribution is 5.84. The average molecular weight is 630 g/mol. The van der Waals surface area contributed by atoms with Crippen molar-refractivity contribution >= 4 is 22.8 Å². The monoisotopic (exact) mass is 629 g/mol. The minimum atomic E-state index is -1.10. The molecule has 0 bridgehead atoms. The number of esters is 2. The molecule has 0 fully saturated rings. The average Bonchev–Trinajstić information content (AvgIpc) is 3.31. The number of para-hydroxylation sites is 1. The van der Waals surface area contributed by atoms with Gasteiger partial charge in [-0.3, -0.25) is 9.59 Å². The first-order valence-electron chi connectivity index (χ1n) is 16.6. The number of aliphatic hydroxyl groups is 1. The van der Waals surface area contributed by atoms with Gasteiger partial charge in [-0.05, 0) is 70.8 Å². The van der Waals surface area contributed by atoms with Crippen LogP contribution in [0.4, 0.5) is 0 Å². The predicted octanol–water partition coefficient (Wildman–Crippen LogP) is 6.77. The van der Waals surface area contributed by atoms with E-state index in [0.717, 1.165) is 22.9 Å². The van der Waals surface area contributed by atoms with E-state index in [2.05, 4.69) is 81.1 Å². The van der Waals surface area contributed by atoms with E-state index in [1.165, 1.54) is 0 Å². The number of hydrogen-bond donors (Lipinski definition) is 4. The molecule has 0 radical (unpaired) electrons. The van der Waals surface area contributed by atoms with Gasteiger partial charge in [0.05, 0.1) is 19.3 Å². The van der Waals surface area contributed by atoms with Crippen LogP contribution in [0, 0.1) is 33.5 Å². The summed E-state index contributed by atoms with van der Waals surface area (Å²) in [5.74, 6) is -0.472. The maximum Gasteiger partial charge on any atom is 0.325 e. The van der Waals surface area contributed by atoms with E-state index in [0.29, 0.717) is 31.6 Å². The van der Waals surface area contributed by atoms with Crippen LogP contribution in [-0.4, -0.2) is 53.4 Å². The molecule has 4 atom stereocenters. The lowest BCUT2D eigenvalue weighted by molar-refractivity contribution is -0.149. The molecule has 4 unspecified atom stereocenters. The van der Waals surface area contributed by atoms with Crippen LogP contribution in [0.3, 0.4) is 0 Å². The Balaban J connectivity index is 1.89. The fraction of sp³-hybridized carbons (Fsp3) is 0.730. The number of nitrogens with two attached hydrogens (primary N) is 2. The van der Waals surface area contributed by atoms with Crippen LogP contribution < -0.4 is 11.5 Å². The van der Waals surface area contributed by atoms with Crippen molar-refractivity contribution < 1.29 is 24.2 Å². The topological polar surface area (TPSA) is 141 Å². The predicted molar refractivity (Wildman–Crippen MR) is 183 cm³/mol. The summed E-state index contributed by atoms with van der Waals surface area (Å²) in [5.41, 5.74) is 14.2. The molecule has 2 aromatic rings. The molecule has 0 saturated heterocycles. The number of H-pyrrole nitrogens is 1. The van der Waals surface area contributed by atoms with Crippen molar-refractivity contribution in [3.63, 3.8) is 0 Å². The van der Waals surface area contributed by atoms with Gasteiger partial charge < -0.3 is 31.0 Å². The number of carbonyl (C=O) groups excluding carboxylic acids is 2. The Morgan fingerprint density at radius 3 is 1.84 bits per heavy atom. The van der Waals surface area contributed by atoms with Gasteiger partial charge in [0.25, 0.3) is 0 Å². The zero-order valence-corrected chi connectivity index (χ0v) is 30.0. The summed E-state index contributed by atoms with van der Waals surface area (Å²) < 4.78 is 11.2. The van der Waals surface area contributed by atoms with Crippen LogP contribution >= 0.6 is 0 Å². The summed E-state index contributed by atoms with van der Waals surface area (Å²) in [4.78, 5) is 28.8. The fourth-order valence-corrected chi connectivity index (χ4v) is 7.57. The normalized spacial score (nSPS) is 16.0. The van der Waals surface area contributed by atoms with E-state index in [1.54, 1.807) is 0 Å². The summed E-state index contributed by atoms with van der Waals surface area (Å²) in [6.07, 6.45) is 3.66. The van der Waals surface area contributed by atoms with Crippen LogP contribution in [0.1, 0.15) is 107 Å². The van der Waals surface area contributed by atoms with Crippen LogP contribution in [0.5, 0.6) is 0 Å². The summed E-state index contributed by atoms with van der Waals surface area (Å²) >= 11 is 0. The first kappa shape index (κ1) is 38.8. The van der Waals surface area contributed by atoms with Gasteiger partial charge in [-0.25, -0.2) is 0 Å². The van der Waals surface area contributed by atoms with E-state index in [1.807, 2.05) is 30.5 Å². The molecule has 1 aromatic carbocycles. The number of carbonyl (C=O) groups is 2. The third kappa shape index (κ3) is 11.4. The standard InChI is InChI=1S/C37H63N3O5/c1-34(2,3)29(35(4,5)6)17-20-45-33(43)31(39)28(41)16-19-37(10,11)30(36(7,8)9)18-21-44-32(42)26(38)22-24-23-40-27-15-13-12-14-25(24)27/h12-15,23,26,28-31,40-41H,16-22,38-39H2,1-11H3. The lowest BCUT2D eigenvalue weighted by Crippen LogP contribution is -2.44. The van der Waals surface area contributed by atoms with Gasteiger partial charge in [0.2, 0.25) is 0 Å². The van der Waals surface area contributed by atoms with Crippen LogP contribution in [-0.2, 0) is 25.5 Å². The SMILES string of the molecule is CC(C)(C)C(CCOC(=O)C(N)C(O)CCC(C)(C)C(CCOC(=O)C(N)Cc1c[nH]c2ccccc12)C(C)(C)C)C(C)(C)C. The quantitative estimate of drug-likeness (QED) is 0.159. The van der Waals surface area contributed by atoms with Crippen molar-refractivity contribution in [1.29, 1.82) is 0 Å². The lowest BCUT2D eigenvalue weighted by atomic mass is 9.62. The van der Waals surface area contributed by atoms with Crippen molar-refractivity contribution in [2.24, 2.45) is 45.0 Å². The van der Waals surface area contributed by atoms with E-state index in [-0.39, 0.29) is 40.8 Å². The Labute approximate surface area is 272 Å². The van der Waals surface area contributed by atoms with Gasteiger partial charge in [0.1, 0.15) is 12.1 Å². The van der Waals surface area contributed by atoms with E-state index in [4.69, 9.17) is 20.9 Å². The maximum atomic E-state index is 12.8. The number of ether oxygens (including phenoxy) is 2. The van der Waals surface area contributed by atoms with Crippen LogP contribution in [0.2, 0.25) is 0 Å². The lowest BCUT2D eigenvalue weighted by Gasteiger charge is -2.43. The highest BCUT2D eigenvalue weighted by Crippen LogP contribution is 2.45. The number of aliphatic hydroxyl groups excluding tert-OH is 1. The Morgan fingerprint density at radius 2 is 1.29 bits per heavy atom. The zero-order valence-electron chi connectivity index (χ0n) is 30.0. The molecular formula is C37H63N3O5. The van der Waals surface area contributed by atoms with Gasteiger partial charge in [0, 0.05) is 23.5 Å². The van der Waals surface area contributed by atoms with Gasteiger partial charge in [-0.15, -0.1) is 0 Å². The number of fused-ring (bicyclic) bond motifs is 1. The highest BCUT2D eigenvalue weighted by Gasteiger charge is 2.39. The highest BCUT2D eigenvalue weighted by atomic mass is 16.5. The first-order chi connectivity index (χ1) is 20.6. The second kappa shape index (κ2) is 15.4. The molecule has 45 heavy (non-hydrogen) atoms. The fourth-order valence-electron chi connectivity index (χ4n) is 7.57. The molecule has 0 spiro atoms. The molecule has 0 amide bonds. The summed E-state index contributed by atoms with van der Waals surface area (Å²) in [7, 11) is 0. The molecule has 8 heteroatoms. The Morgan fingerprint density at radius 1 is 0.778 bits per heavy atom. The number of aromatic amines is 1. The molecule has 0 aliphatic heterocycles. The molecule has 2 rings (SSSR count). The largest absolute Gasteiger partial charge is 0.465 e. The Hall–Kier alpha value is -2.42. The third-order valence-electron chi connectivity index (χ3n) is 9.57. The second-order valence-corrected chi connectivity index (χ2v) is 16.9. The van der Waals surface area contributed by atoms with Crippen molar-refractivity contribution in [3.8, 4) is 0 Å². The van der Waals surface area contributed by atoms with Crippen LogP contribution in [0.15, 0.2) is 30.5 Å². The minimum absolute atomic E-state index is 0.0731. The molecule has 0 aliphatic rings. The first-order valence-corrected chi connectivity index (χ1v) is 16.6. The van der Waals surface area contributed by atoms with E-state index in [9.17, 15) is 14.7 Å². The van der Waals surface area contributed by atoms with Gasteiger partial charge in [0.15, 0.2) is 0 Å². The Bertz CT molecular complexity index is 1220. The number of hydrogen-bond acceptors (Lipinski definition) is 7. The number of benzene rings is 1. The summed E-state index contributed by atoms with van der Waals surface area (Å²) in [6, 6.07) is 6.08. The molecule has 0 saturated carbocycles. The van der Waals surface area contributed by atoms with Crippen LogP contribution in [0.25, 0.3) is 10.9 Å². The third-order valence-corrected chi connectivity index (χ3v) is 9.57. The number of aromatic nitrogens is 1. The molecule has 8 nitrogen and oxygen atoms in total. The van der Waals surface area contributed by atoms with Gasteiger partial charge >= 0.3 is 11.9 Å². The molecule has 1 heterocycles. The Kier molecular flexibility index (Phi) is 13.3. The van der Waals surface area contributed by atoms with E-state index >= 15 is 0 Å². The van der Waals surface area contributed by atoms with Crippen molar-refractivity contribution in [3.05, 3.63) is 36.0 Å². The van der Waals surface area contributed by atoms with E-state index < -0.39 is 30.1 Å². The zero-order chi connectivity index (χ0) is 34.4. The second-order valence-electron chi connectivity index (χ2n) is 16.9. The number of rotatable bonds is 15. The maximum absolute atomic E-state index is 12.8. The summed E-state index contributed by atoms with van der Waals surface area (Å²) in [5, 5.41) is 11.9. The molecular weight excluding hydrogens is 566 g/mol. The van der Waals surface area contributed by atoms with Crippen molar-refractivity contribution in [1.82, 2.24) is 4.98 Å². The molecule has 1 aromatic heterocycles. The smallest absolute Gasteiger partial charge is 0.325 e. The van der Waals surface area contributed by atoms with Gasteiger partial charge in [-0.2, -0.15) is 0 Å². The molecule has 0 aliphatic carbocycles. The van der Waals surface area contributed by atoms with Crippen molar-refractivity contribution in [2.75, 3.05) is 13.2 Å². The summed E-state index contributed by atoms with van der Waals surface area (Å²) in [6.45, 7) is 24.6. The van der Waals surface area contributed by atoms with Crippen molar-refractivity contribution in [2.45, 2.75) is 126 Å². The minimum Gasteiger partial charge on any atom is -0.465 e.